The highest BCUT2D eigenvalue weighted by Gasteiger charge is 2.31. The summed E-state index contributed by atoms with van der Waals surface area (Å²) in [6, 6.07) is 8.42. The Kier molecular flexibility index (Phi) is 8.70. The SMILES string of the molecule is CNC(=O)/C=C/[C@H](CCc1ccccc1)NC(=O)[C@H](C)N(C(=O)[O-])C(C)(C)C. The Morgan fingerprint density at radius 1 is 1.18 bits per heavy atom. The average molecular weight is 388 g/mol. The van der Waals surface area contributed by atoms with Gasteiger partial charge in [0, 0.05) is 24.7 Å². The number of likely N-dealkylation sites (N-methyl/N-ethyl adjacent to an activating group) is 1. The van der Waals surface area contributed by atoms with Crippen molar-refractivity contribution in [2.45, 2.75) is 58.2 Å². The topological polar surface area (TPSA) is 102 Å². The third-order valence-corrected chi connectivity index (χ3v) is 4.33. The van der Waals surface area contributed by atoms with Gasteiger partial charge >= 0.3 is 0 Å². The summed E-state index contributed by atoms with van der Waals surface area (Å²) in [6.45, 7) is 6.62. The average Bonchev–Trinajstić information content (AvgIpc) is 2.62. The van der Waals surface area contributed by atoms with Gasteiger partial charge in [-0.25, -0.2) is 0 Å². The van der Waals surface area contributed by atoms with Gasteiger partial charge < -0.3 is 25.4 Å². The van der Waals surface area contributed by atoms with E-state index in [4.69, 9.17) is 0 Å². The van der Waals surface area contributed by atoms with Crippen molar-refractivity contribution >= 4 is 17.9 Å². The third-order valence-electron chi connectivity index (χ3n) is 4.33. The first kappa shape index (κ1) is 23.2. The molecule has 0 radical (unpaired) electrons. The fourth-order valence-electron chi connectivity index (χ4n) is 2.90. The van der Waals surface area contributed by atoms with E-state index in [9.17, 15) is 19.5 Å². The monoisotopic (exact) mass is 388 g/mol. The smallest absolute Gasteiger partial charge is 0.243 e. The Morgan fingerprint density at radius 3 is 2.29 bits per heavy atom. The quantitative estimate of drug-likeness (QED) is 0.654. The minimum absolute atomic E-state index is 0.280. The van der Waals surface area contributed by atoms with E-state index in [1.807, 2.05) is 30.3 Å². The number of aryl methyl sites for hydroxylation is 1. The fraction of sp³-hybridized carbons (Fsp3) is 0.476. The molecule has 7 heteroatoms. The minimum atomic E-state index is -1.41. The number of benzene rings is 1. The van der Waals surface area contributed by atoms with Crippen LogP contribution in [0.3, 0.4) is 0 Å². The molecule has 0 aliphatic carbocycles. The van der Waals surface area contributed by atoms with Gasteiger partial charge in [-0.3, -0.25) is 9.59 Å². The van der Waals surface area contributed by atoms with Gasteiger partial charge in [-0.2, -0.15) is 0 Å². The highest BCUT2D eigenvalue weighted by Crippen LogP contribution is 2.17. The first-order valence-corrected chi connectivity index (χ1v) is 9.30. The van der Waals surface area contributed by atoms with Crippen LogP contribution < -0.4 is 15.7 Å². The number of rotatable bonds is 8. The van der Waals surface area contributed by atoms with Gasteiger partial charge in [-0.15, -0.1) is 0 Å². The maximum absolute atomic E-state index is 12.7. The molecule has 0 bridgehead atoms. The Bertz CT molecular complexity index is 695. The first-order chi connectivity index (χ1) is 13.1. The van der Waals surface area contributed by atoms with Crippen LogP contribution in [0.1, 0.15) is 39.7 Å². The molecule has 1 rings (SSSR count). The number of hydrogen-bond donors (Lipinski definition) is 2. The lowest BCUT2D eigenvalue weighted by Gasteiger charge is -2.41. The van der Waals surface area contributed by atoms with Crippen LogP contribution in [0.4, 0.5) is 4.79 Å². The molecule has 1 aromatic carbocycles. The van der Waals surface area contributed by atoms with Crippen molar-refractivity contribution in [3.8, 4) is 0 Å². The van der Waals surface area contributed by atoms with Crippen molar-refractivity contribution in [3.63, 3.8) is 0 Å². The van der Waals surface area contributed by atoms with E-state index in [1.165, 1.54) is 20.0 Å². The fourth-order valence-corrected chi connectivity index (χ4v) is 2.90. The van der Waals surface area contributed by atoms with E-state index < -0.39 is 29.6 Å². The molecule has 1 aromatic rings. The normalized spacial score (nSPS) is 13.6. The Labute approximate surface area is 166 Å². The van der Waals surface area contributed by atoms with Crippen molar-refractivity contribution in [1.82, 2.24) is 15.5 Å². The molecular weight excluding hydrogens is 358 g/mol. The third kappa shape index (κ3) is 7.42. The summed E-state index contributed by atoms with van der Waals surface area (Å²) in [6.07, 6.45) is 2.84. The van der Waals surface area contributed by atoms with E-state index in [1.54, 1.807) is 26.8 Å². The Morgan fingerprint density at radius 2 is 1.79 bits per heavy atom. The van der Waals surface area contributed by atoms with E-state index in [-0.39, 0.29) is 5.91 Å². The number of nitrogens with zero attached hydrogens (tertiary/aromatic N) is 1. The number of nitrogens with one attached hydrogen (secondary N) is 2. The summed E-state index contributed by atoms with van der Waals surface area (Å²) in [5, 5.41) is 16.8. The molecule has 2 N–H and O–H groups in total. The van der Waals surface area contributed by atoms with E-state index in [2.05, 4.69) is 10.6 Å². The molecule has 0 saturated carbocycles. The van der Waals surface area contributed by atoms with Crippen molar-refractivity contribution in [2.75, 3.05) is 7.05 Å². The van der Waals surface area contributed by atoms with Gasteiger partial charge in [0.05, 0.1) is 0 Å². The van der Waals surface area contributed by atoms with Crippen LogP contribution in [-0.4, -0.2) is 47.5 Å². The Balaban J connectivity index is 2.90. The van der Waals surface area contributed by atoms with Crippen molar-refractivity contribution in [3.05, 3.63) is 48.0 Å². The second-order valence-electron chi connectivity index (χ2n) is 7.60. The van der Waals surface area contributed by atoms with Gasteiger partial charge in [-0.05, 0) is 46.1 Å². The molecule has 0 aliphatic rings. The van der Waals surface area contributed by atoms with Crippen LogP contribution in [0.2, 0.25) is 0 Å². The summed E-state index contributed by atoms with van der Waals surface area (Å²) in [4.78, 5) is 36.8. The number of amides is 3. The lowest BCUT2D eigenvalue weighted by atomic mass is 10.0. The Hall–Kier alpha value is -2.83. The van der Waals surface area contributed by atoms with Crippen LogP contribution >= 0.6 is 0 Å². The van der Waals surface area contributed by atoms with Crippen LogP contribution in [0.15, 0.2) is 42.5 Å². The van der Waals surface area contributed by atoms with E-state index in [0.717, 1.165) is 10.5 Å². The number of carbonyl (C=O) groups excluding carboxylic acids is 3. The van der Waals surface area contributed by atoms with Crippen molar-refractivity contribution in [2.24, 2.45) is 0 Å². The molecule has 2 atom stereocenters. The summed E-state index contributed by atoms with van der Waals surface area (Å²) < 4.78 is 0. The number of hydrogen-bond acceptors (Lipinski definition) is 4. The zero-order valence-corrected chi connectivity index (χ0v) is 17.2. The maximum atomic E-state index is 12.7. The lowest BCUT2D eigenvalue weighted by Crippen LogP contribution is -2.60. The van der Waals surface area contributed by atoms with Gasteiger partial charge in [0.2, 0.25) is 11.8 Å². The van der Waals surface area contributed by atoms with Crippen molar-refractivity contribution in [1.29, 1.82) is 0 Å². The molecule has 0 aliphatic heterocycles. The number of carboxylic acid groups (broad SMARTS) is 1. The second kappa shape index (κ2) is 10.5. The second-order valence-corrected chi connectivity index (χ2v) is 7.60. The molecule has 0 heterocycles. The predicted molar refractivity (Wildman–Crippen MR) is 106 cm³/mol. The molecule has 154 valence electrons. The van der Waals surface area contributed by atoms with E-state index >= 15 is 0 Å². The van der Waals surface area contributed by atoms with E-state index in [0.29, 0.717) is 12.8 Å². The summed E-state index contributed by atoms with van der Waals surface area (Å²) in [7, 11) is 1.52. The predicted octanol–water partition coefficient (Wildman–Crippen LogP) is 1.24. The molecule has 0 aromatic heterocycles. The standard InChI is InChI=1S/C21H31N3O4/c1-15(24(20(27)28)21(2,3)4)19(26)23-17(13-14-18(25)22-5)12-11-16-9-7-6-8-10-16/h6-10,13-15,17H,11-12H2,1-5H3,(H,22,25)(H,23,26)(H,27,28)/p-1/b14-13+/t15-,17-/m0/s1. The zero-order valence-electron chi connectivity index (χ0n) is 17.2. The van der Waals surface area contributed by atoms with Gasteiger partial charge in [0.15, 0.2) is 0 Å². The van der Waals surface area contributed by atoms with Gasteiger partial charge in [-0.1, -0.05) is 36.4 Å². The minimum Gasteiger partial charge on any atom is -0.530 e. The highest BCUT2D eigenvalue weighted by molar-refractivity contribution is 5.88. The first-order valence-electron chi connectivity index (χ1n) is 9.30. The highest BCUT2D eigenvalue weighted by atomic mass is 16.4. The maximum Gasteiger partial charge on any atom is 0.243 e. The summed E-state index contributed by atoms with van der Waals surface area (Å²) in [5.41, 5.74) is 0.321. The lowest BCUT2D eigenvalue weighted by molar-refractivity contribution is -0.272. The summed E-state index contributed by atoms with van der Waals surface area (Å²) in [5.74, 6) is -0.725. The molecule has 0 spiro atoms. The van der Waals surface area contributed by atoms with Gasteiger partial charge in [0.1, 0.15) is 12.1 Å². The molecule has 0 saturated heterocycles. The molecule has 28 heavy (non-hydrogen) atoms. The van der Waals surface area contributed by atoms with Crippen LogP contribution in [0.25, 0.3) is 0 Å². The van der Waals surface area contributed by atoms with Crippen LogP contribution in [0.5, 0.6) is 0 Å². The molecule has 0 fully saturated rings. The molecule has 7 nitrogen and oxygen atoms in total. The zero-order chi connectivity index (χ0) is 21.3. The summed E-state index contributed by atoms with van der Waals surface area (Å²) >= 11 is 0. The van der Waals surface area contributed by atoms with Crippen LogP contribution in [0, 0.1) is 0 Å². The largest absolute Gasteiger partial charge is 0.530 e. The van der Waals surface area contributed by atoms with Gasteiger partial charge in [0.25, 0.3) is 0 Å². The molecule has 3 amide bonds. The van der Waals surface area contributed by atoms with Crippen molar-refractivity contribution < 1.29 is 19.5 Å². The number of carbonyl (C=O) groups is 3. The van der Waals surface area contributed by atoms with Crippen LogP contribution in [-0.2, 0) is 16.0 Å². The molecular formula is C21H30N3O4-. The molecule has 0 unspecified atom stereocenters.